The second kappa shape index (κ2) is 3.07. The van der Waals surface area contributed by atoms with E-state index in [1.807, 2.05) is 0 Å². The van der Waals surface area contributed by atoms with Crippen molar-refractivity contribution in [1.82, 2.24) is 0 Å². The molecule has 0 saturated carbocycles. The molecule has 0 heterocycles. The van der Waals surface area contributed by atoms with Crippen LogP contribution in [0.3, 0.4) is 0 Å². The van der Waals surface area contributed by atoms with E-state index in [1.165, 1.54) is 0 Å². The normalized spacial score (nSPS) is 5.60. The highest BCUT2D eigenvalue weighted by molar-refractivity contribution is 5.36. The molecule has 4 nitrogen and oxygen atoms in total. The summed E-state index contributed by atoms with van der Waals surface area (Å²) in [5.74, 6) is 0. The lowest BCUT2D eigenvalue weighted by atomic mass is 11.6. The summed E-state index contributed by atoms with van der Waals surface area (Å²) in [6, 6.07) is 0. The molecule has 5 heavy (non-hydrogen) atoms. The van der Waals surface area contributed by atoms with Gasteiger partial charge in [0.1, 0.15) is 0 Å². The minimum Gasteiger partial charge on any atom is -0.288 e. The van der Waals surface area contributed by atoms with Gasteiger partial charge >= 0.3 is 6.47 Å². The molecule has 0 unspecified atom stereocenters. The van der Waals surface area contributed by atoms with E-state index in [4.69, 9.17) is 9.70 Å². The Balaban J connectivity index is 2.65. The number of carbonyl (C=O) groups excluding carboxylic acids is 1. The monoisotopic (exact) mass is 75.0 g/mol. The Morgan fingerprint density at radius 2 is 2.40 bits per heavy atom. The highest BCUT2D eigenvalue weighted by Gasteiger charge is 1.60. The number of hydrogen-bond donors (Lipinski definition) is 0. The fourth-order valence-electron chi connectivity index (χ4n) is 0.0176. The van der Waals surface area contributed by atoms with Crippen molar-refractivity contribution in [3.05, 3.63) is 4.91 Å². The fraction of sp³-hybridized carbons (Fsp3) is 0. The molecule has 28 valence electrons. The second-order valence-corrected chi connectivity index (χ2v) is 0.276. The van der Waals surface area contributed by atoms with Gasteiger partial charge in [0.25, 0.3) is 0 Å². The molecule has 0 aromatic carbocycles. The minimum atomic E-state index is -0.0486. The maximum atomic E-state index is 8.89. The van der Waals surface area contributed by atoms with E-state index in [-0.39, 0.29) is 6.47 Å². The largest absolute Gasteiger partial charge is 0.326 e. The van der Waals surface area contributed by atoms with Crippen LogP contribution in [0.25, 0.3) is 0 Å². The number of hydrogen-bond acceptors (Lipinski definition) is 4. The molecule has 0 fully saturated rings. The summed E-state index contributed by atoms with van der Waals surface area (Å²) < 4.78 is 0. The average molecular weight is 75.0 g/mol. The SMILES string of the molecule is O=CON=O. The van der Waals surface area contributed by atoms with Crippen molar-refractivity contribution in [2.45, 2.75) is 0 Å². The predicted molar refractivity (Wildman–Crippen MR) is 12.9 cm³/mol. The molecule has 0 aliphatic rings. The molecule has 0 spiro atoms. The van der Waals surface area contributed by atoms with E-state index in [9.17, 15) is 0 Å². The van der Waals surface area contributed by atoms with Gasteiger partial charge in [0.05, 0.1) is 0 Å². The lowest BCUT2D eigenvalue weighted by Gasteiger charge is -1.61. The van der Waals surface area contributed by atoms with Crippen LogP contribution in [0.4, 0.5) is 0 Å². The second-order valence-electron chi connectivity index (χ2n) is 0.276. The number of nitrogens with zero attached hydrogens (tertiary/aromatic N) is 1. The van der Waals surface area contributed by atoms with Gasteiger partial charge in [-0.15, -0.1) is 4.91 Å². The molecule has 0 saturated heterocycles. The van der Waals surface area contributed by atoms with Crippen LogP contribution in [0, 0.1) is 4.91 Å². The van der Waals surface area contributed by atoms with Crippen molar-refractivity contribution < 1.29 is 9.63 Å². The summed E-state index contributed by atoms with van der Waals surface area (Å²) in [5, 5.41) is 1.74. The lowest BCUT2D eigenvalue weighted by molar-refractivity contribution is -0.128. The van der Waals surface area contributed by atoms with E-state index in [2.05, 4.69) is 4.84 Å². The smallest absolute Gasteiger partial charge is 0.288 e. The lowest BCUT2D eigenvalue weighted by Crippen LogP contribution is -1.66. The van der Waals surface area contributed by atoms with E-state index in [0.29, 0.717) is 0 Å². The average Bonchev–Trinajstić information content (AvgIpc) is 1.41. The summed E-state index contributed by atoms with van der Waals surface area (Å²) in [7, 11) is 0. The third kappa shape index (κ3) is 3.07. The zero-order chi connectivity index (χ0) is 4.12. The van der Waals surface area contributed by atoms with Gasteiger partial charge in [-0.2, -0.15) is 0 Å². The van der Waals surface area contributed by atoms with E-state index in [0.717, 1.165) is 0 Å². The summed E-state index contributed by atoms with van der Waals surface area (Å²) in [6.45, 7) is -0.0486. The molecule has 0 aromatic heterocycles. The van der Waals surface area contributed by atoms with Gasteiger partial charge in [0.15, 0.2) is 5.34 Å². The standard InChI is InChI=1S/CHNO3/c3-1-5-2-4/h1H. The third-order valence-electron chi connectivity index (χ3n) is 0.0861. The Labute approximate surface area is 27.7 Å². The molecule has 0 N–H and O–H groups in total. The van der Waals surface area contributed by atoms with Gasteiger partial charge in [0, 0.05) is 0 Å². The van der Waals surface area contributed by atoms with Crippen LogP contribution in [0.2, 0.25) is 0 Å². The van der Waals surface area contributed by atoms with Gasteiger partial charge in [-0.1, -0.05) is 0 Å². The summed E-state index contributed by atoms with van der Waals surface area (Å²) in [4.78, 5) is 20.8. The Bertz CT molecular complexity index is 36.2. The number of carbonyl (C=O) groups is 1. The van der Waals surface area contributed by atoms with Gasteiger partial charge in [-0.05, 0) is 0 Å². The van der Waals surface area contributed by atoms with Crippen LogP contribution < -0.4 is 0 Å². The van der Waals surface area contributed by atoms with Crippen LogP contribution in [-0.4, -0.2) is 6.47 Å². The van der Waals surface area contributed by atoms with Crippen LogP contribution in [0.1, 0.15) is 0 Å². The maximum absolute atomic E-state index is 8.89. The van der Waals surface area contributed by atoms with Crippen molar-refractivity contribution in [3.63, 3.8) is 0 Å². The molecule has 0 amide bonds. The first kappa shape index (κ1) is 4.07. The minimum absolute atomic E-state index is 0.0486. The van der Waals surface area contributed by atoms with E-state index < -0.39 is 0 Å². The zero-order valence-corrected chi connectivity index (χ0v) is 2.25. The van der Waals surface area contributed by atoms with Crippen LogP contribution in [-0.2, 0) is 9.63 Å². The van der Waals surface area contributed by atoms with Crippen molar-refractivity contribution in [2.75, 3.05) is 0 Å². The van der Waals surface area contributed by atoms with Crippen molar-refractivity contribution in [2.24, 2.45) is 5.34 Å². The highest BCUT2D eigenvalue weighted by atomic mass is 16.7. The number of rotatable bonds is 2. The topological polar surface area (TPSA) is 55.7 Å². The summed E-state index contributed by atoms with van der Waals surface area (Å²) >= 11 is 0. The quantitative estimate of drug-likeness (QED) is 0.260. The van der Waals surface area contributed by atoms with E-state index in [1.54, 1.807) is 5.34 Å². The van der Waals surface area contributed by atoms with Crippen molar-refractivity contribution >= 4 is 6.47 Å². The molecule has 0 aromatic rings. The molecule has 0 atom stereocenters. The first-order chi connectivity index (χ1) is 2.41. The van der Waals surface area contributed by atoms with Crippen molar-refractivity contribution in [3.8, 4) is 0 Å². The highest BCUT2D eigenvalue weighted by Crippen LogP contribution is 1.55. The zero-order valence-electron chi connectivity index (χ0n) is 2.25. The van der Waals surface area contributed by atoms with Crippen molar-refractivity contribution in [1.29, 1.82) is 0 Å². The third-order valence-corrected chi connectivity index (χ3v) is 0.0861. The van der Waals surface area contributed by atoms with Gasteiger partial charge in [-0.25, -0.2) is 0 Å². The first-order valence-electron chi connectivity index (χ1n) is 0.837. The Morgan fingerprint density at radius 3 is 2.40 bits per heavy atom. The molecule has 4 heteroatoms. The summed E-state index contributed by atoms with van der Waals surface area (Å²) in [6.07, 6.45) is 0. The molecule has 0 rings (SSSR count). The van der Waals surface area contributed by atoms with Gasteiger partial charge in [0.2, 0.25) is 0 Å². The van der Waals surface area contributed by atoms with Crippen LogP contribution >= 0.6 is 0 Å². The van der Waals surface area contributed by atoms with Gasteiger partial charge in [-0.3, -0.25) is 9.63 Å². The van der Waals surface area contributed by atoms with Crippen LogP contribution in [0.5, 0.6) is 0 Å². The Morgan fingerprint density at radius 1 is 1.80 bits per heavy atom. The molecule has 0 radical (unpaired) electrons. The maximum Gasteiger partial charge on any atom is 0.326 e. The molecular formula is CHNO3. The predicted octanol–water partition coefficient (Wildman–Crippen LogP) is -0.159. The molecule has 0 aliphatic carbocycles. The first-order valence-corrected chi connectivity index (χ1v) is 0.837. The molecule has 0 aliphatic heterocycles. The van der Waals surface area contributed by atoms with Crippen LogP contribution in [0.15, 0.2) is 5.34 Å². The molecule has 0 bridgehead atoms. The molecular weight excluding hydrogens is 74.0 g/mol. The fourth-order valence-corrected chi connectivity index (χ4v) is 0.0176. The van der Waals surface area contributed by atoms with Gasteiger partial charge < -0.3 is 0 Å². The Kier molecular flexibility index (Phi) is 2.50. The Hall–Kier alpha value is -0.930. The van der Waals surface area contributed by atoms with E-state index >= 15 is 0 Å². The summed E-state index contributed by atoms with van der Waals surface area (Å²) in [5.41, 5.74) is 0.